The molecule has 0 saturated carbocycles. The fraction of sp³-hybridized carbons (Fsp3) is 0.400. The van der Waals surface area contributed by atoms with Gasteiger partial charge in [0.25, 0.3) is 0 Å². The van der Waals surface area contributed by atoms with E-state index < -0.39 is 0 Å². The molecular weight excluding hydrogens is 380 g/mol. The molecule has 2 heterocycles. The molecule has 1 aromatic carbocycles. The maximum atomic E-state index is 12.2. The van der Waals surface area contributed by atoms with Crippen LogP contribution in [0.2, 0.25) is 0 Å². The fourth-order valence-corrected chi connectivity index (χ4v) is 4.59. The van der Waals surface area contributed by atoms with Crippen molar-refractivity contribution in [2.75, 3.05) is 25.5 Å². The van der Waals surface area contributed by atoms with E-state index in [1.165, 1.54) is 24.0 Å². The van der Waals surface area contributed by atoms with E-state index in [-0.39, 0.29) is 18.2 Å². The molecule has 27 heavy (non-hydrogen) atoms. The number of benzene rings is 1. The molecule has 1 N–H and O–H groups in total. The molecule has 1 saturated heterocycles. The topological polar surface area (TPSA) is 50.8 Å². The Balaban J connectivity index is 1.78. The molecule has 0 spiro atoms. The van der Waals surface area contributed by atoms with Gasteiger partial charge in [-0.15, -0.1) is 11.3 Å². The number of hydrogen-bond donors (Lipinski definition) is 1. The third kappa shape index (κ3) is 5.06. The molecule has 1 aromatic heterocycles. The lowest BCUT2D eigenvalue weighted by molar-refractivity contribution is -0.0473. The molecule has 3 rings (SSSR count). The summed E-state index contributed by atoms with van der Waals surface area (Å²) in [4.78, 5) is 15.4. The number of thiocarbonyl (C=S) groups is 1. The zero-order valence-corrected chi connectivity index (χ0v) is 17.4. The molecule has 5 nitrogen and oxygen atoms in total. The van der Waals surface area contributed by atoms with E-state index in [0.29, 0.717) is 10.7 Å². The normalized spacial score (nSPS) is 19.6. The maximum Gasteiger partial charge on any atom is 0.340 e. The van der Waals surface area contributed by atoms with Gasteiger partial charge in [0.15, 0.2) is 5.11 Å². The average molecular weight is 405 g/mol. The lowest BCUT2D eigenvalue weighted by Crippen LogP contribution is -2.49. The third-order valence-corrected chi connectivity index (χ3v) is 5.75. The van der Waals surface area contributed by atoms with Crippen molar-refractivity contribution in [3.8, 4) is 0 Å². The van der Waals surface area contributed by atoms with Gasteiger partial charge in [0.05, 0.1) is 24.9 Å². The molecule has 0 aliphatic carbocycles. The monoisotopic (exact) mass is 404 g/mol. The van der Waals surface area contributed by atoms with Gasteiger partial charge in [-0.1, -0.05) is 30.3 Å². The summed E-state index contributed by atoms with van der Waals surface area (Å²) >= 11 is 7.13. The summed E-state index contributed by atoms with van der Waals surface area (Å²) in [6.45, 7) is 5.53. The van der Waals surface area contributed by atoms with Crippen LogP contribution in [0.15, 0.2) is 36.4 Å². The molecule has 0 amide bonds. The predicted octanol–water partition coefficient (Wildman–Crippen LogP) is 3.93. The molecule has 2 atom stereocenters. The number of hydrogen-bond acceptors (Lipinski definition) is 5. The van der Waals surface area contributed by atoms with E-state index in [9.17, 15) is 4.79 Å². The second-order valence-electron chi connectivity index (χ2n) is 6.70. The molecule has 2 aromatic rings. The minimum atomic E-state index is -0.362. The van der Waals surface area contributed by atoms with E-state index in [0.717, 1.165) is 29.4 Å². The first-order valence-corrected chi connectivity index (χ1v) is 10.1. The van der Waals surface area contributed by atoms with Crippen molar-refractivity contribution in [3.63, 3.8) is 0 Å². The number of rotatable bonds is 4. The summed E-state index contributed by atoms with van der Waals surface area (Å²) in [5, 5.41) is 4.60. The van der Waals surface area contributed by atoms with Crippen molar-refractivity contribution in [1.82, 2.24) is 4.90 Å². The minimum absolute atomic E-state index is 0.116. The first kappa shape index (κ1) is 19.8. The molecule has 2 unspecified atom stereocenters. The van der Waals surface area contributed by atoms with Gasteiger partial charge in [-0.25, -0.2) is 4.79 Å². The van der Waals surface area contributed by atoms with Gasteiger partial charge in [0.1, 0.15) is 5.00 Å². The standard InChI is InChI=1S/C20H24N2O3S2/c1-13-11-22(12-14(2)25-13)20(26)21-18-17(19(23)24-3)10-16(27-18)9-15-7-5-4-6-8-15/h4-8,10,13-14H,9,11-12H2,1-3H3,(H,21,26). The van der Waals surface area contributed by atoms with Crippen LogP contribution in [-0.4, -0.2) is 48.4 Å². The summed E-state index contributed by atoms with van der Waals surface area (Å²) < 4.78 is 10.7. The predicted molar refractivity (Wildman–Crippen MR) is 113 cm³/mol. The lowest BCUT2D eigenvalue weighted by Gasteiger charge is -2.36. The minimum Gasteiger partial charge on any atom is -0.465 e. The van der Waals surface area contributed by atoms with Gasteiger partial charge in [0.2, 0.25) is 0 Å². The number of anilines is 1. The van der Waals surface area contributed by atoms with Gasteiger partial charge in [-0.05, 0) is 37.7 Å². The largest absolute Gasteiger partial charge is 0.465 e. The number of morpholine rings is 1. The van der Waals surface area contributed by atoms with Gasteiger partial charge >= 0.3 is 5.97 Å². The average Bonchev–Trinajstić information content (AvgIpc) is 3.03. The van der Waals surface area contributed by atoms with Gasteiger partial charge in [-0.3, -0.25) is 0 Å². The Hall–Kier alpha value is -1.96. The van der Waals surface area contributed by atoms with Crippen LogP contribution in [0.4, 0.5) is 5.00 Å². The SMILES string of the molecule is COC(=O)c1cc(Cc2ccccc2)sc1NC(=S)N1CC(C)OC(C)C1. The van der Waals surface area contributed by atoms with Crippen LogP contribution in [0.3, 0.4) is 0 Å². The summed E-state index contributed by atoms with van der Waals surface area (Å²) in [5.41, 5.74) is 1.71. The van der Waals surface area contributed by atoms with Crippen LogP contribution in [0.5, 0.6) is 0 Å². The van der Waals surface area contributed by atoms with Crippen LogP contribution in [0, 0.1) is 0 Å². The van der Waals surface area contributed by atoms with Crippen LogP contribution < -0.4 is 5.32 Å². The fourth-order valence-electron chi connectivity index (χ4n) is 3.20. The second kappa shape index (κ2) is 8.82. The zero-order valence-electron chi connectivity index (χ0n) is 15.7. The Morgan fingerprint density at radius 1 is 1.30 bits per heavy atom. The third-order valence-electron chi connectivity index (χ3n) is 4.34. The highest BCUT2D eigenvalue weighted by Crippen LogP contribution is 2.31. The Morgan fingerprint density at radius 2 is 1.96 bits per heavy atom. The van der Waals surface area contributed by atoms with E-state index >= 15 is 0 Å². The van der Waals surface area contributed by atoms with Crippen LogP contribution in [0.1, 0.15) is 34.6 Å². The molecule has 0 radical (unpaired) electrons. The van der Waals surface area contributed by atoms with Gasteiger partial charge in [-0.2, -0.15) is 0 Å². The smallest absolute Gasteiger partial charge is 0.340 e. The van der Waals surface area contributed by atoms with Crippen LogP contribution in [-0.2, 0) is 15.9 Å². The molecule has 1 aliphatic rings. The summed E-state index contributed by atoms with van der Waals surface area (Å²) in [5.74, 6) is -0.362. The first-order chi connectivity index (χ1) is 13.0. The van der Waals surface area contributed by atoms with Crippen molar-refractivity contribution >= 4 is 39.6 Å². The number of carbonyl (C=O) groups is 1. The highest BCUT2D eigenvalue weighted by molar-refractivity contribution is 7.80. The summed E-state index contributed by atoms with van der Waals surface area (Å²) in [6, 6.07) is 12.1. The summed E-state index contributed by atoms with van der Waals surface area (Å²) in [7, 11) is 1.39. The first-order valence-electron chi connectivity index (χ1n) is 8.92. The van der Waals surface area contributed by atoms with Gasteiger partial charge in [0, 0.05) is 24.4 Å². The number of thiophene rings is 1. The van der Waals surface area contributed by atoms with Crippen molar-refractivity contribution in [1.29, 1.82) is 0 Å². The van der Waals surface area contributed by atoms with Crippen molar-refractivity contribution in [2.45, 2.75) is 32.5 Å². The summed E-state index contributed by atoms with van der Waals surface area (Å²) in [6.07, 6.45) is 0.992. The number of nitrogens with one attached hydrogen (secondary N) is 1. The molecule has 1 fully saturated rings. The number of nitrogens with zero attached hydrogens (tertiary/aromatic N) is 1. The van der Waals surface area contributed by atoms with Crippen LogP contribution in [0.25, 0.3) is 0 Å². The van der Waals surface area contributed by atoms with E-state index in [1.54, 1.807) is 0 Å². The zero-order chi connectivity index (χ0) is 19.4. The molecular formula is C20H24N2O3S2. The van der Waals surface area contributed by atoms with Crippen LogP contribution >= 0.6 is 23.6 Å². The molecule has 0 bridgehead atoms. The van der Waals surface area contributed by atoms with E-state index in [1.807, 2.05) is 38.1 Å². The number of carbonyl (C=O) groups excluding carboxylic acids is 1. The quantitative estimate of drug-likeness (QED) is 0.616. The maximum absolute atomic E-state index is 12.2. The van der Waals surface area contributed by atoms with Crippen molar-refractivity contribution in [2.24, 2.45) is 0 Å². The highest BCUT2D eigenvalue weighted by atomic mass is 32.1. The van der Waals surface area contributed by atoms with Crippen molar-refractivity contribution < 1.29 is 14.3 Å². The Morgan fingerprint density at radius 3 is 2.59 bits per heavy atom. The number of esters is 1. The molecule has 144 valence electrons. The van der Waals surface area contributed by atoms with E-state index in [2.05, 4.69) is 22.3 Å². The molecule has 1 aliphatic heterocycles. The Bertz CT molecular complexity index is 797. The Labute approximate surface area is 169 Å². The van der Waals surface area contributed by atoms with Crippen molar-refractivity contribution in [3.05, 3.63) is 52.4 Å². The highest BCUT2D eigenvalue weighted by Gasteiger charge is 2.25. The van der Waals surface area contributed by atoms with Gasteiger partial charge < -0.3 is 19.7 Å². The number of ether oxygens (including phenoxy) is 2. The Kier molecular flexibility index (Phi) is 6.46. The molecule has 7 heteroatoms. The number of methoxy groups -OCH3 is 1. The van der Waals surface area contributed by atoms with E-state index in [4.69, 9.17) is 21.7 Å². The second-order valence-corrected chi connectivity index (χ2v) is 8.23. The lowest BCUT2D eigenvalue weighted by atomic mass is 10.1.